The first-order valence-electron chi connectivity index (χ1n) is 6.16. The first-order valence-corrected chi connectivity index (χ1v) is 7.69. The minimum absolute atomic E-state index is 0.293. The molecule has 0 fully saturated rings. The Morgan fingerprint density at radius 3 is 2.04 bits per heavy atom. The number of carbonyl (C=O) groups excluding carboxylic acids is 2. The molecule has 0 saturated heterocycles. The topological polar surface area (TPSA) is 225 Å². The van der Waals surface area contributed by atoms with E-state index in [1.807, 2.05) is 0 Å². The van der Waals surface area contributed by atoms with Crippen molar-refractivity contribution < 1.29 is 53.7 Å². The van der Waals surface area contributed by atoms with Crippen LogP contribution < -0.4 is 5.73 Å². The fourth-order valence-electron chi connectivity index (χ4n) is 1.40. The van der Waals surface area contributed by atoms with E-state index in [2.05, 4.69) is 4.52 Å². The Kier molecular flexibility index (Phi) is 8.66. The zero-order chi connectivity index (χ0) is 18.4. The number of carboxylic acids is 1. The average molecular weight is 359 g/mol. The molecule has 0 bridgehead atoms. The SMILES string of the molecule is N[C@@H](CCC(=O)O)C(O)C(O)C(=O)C(=O)[C@H](O)COP(=O)(O)O. The average Bonchev–Trinajstić information content (AvgIpc) is 2.46. The molecule has 0 aromatic heterocycles. The van der Waals surface area contributed by atoms with Crippen molar-refractivity contribution in [3.8, 4) is 0 Å². The van der Waals surface area contributed by atoms with Gasteiger partial charge in [-0.05, 0) is 6.42 Å². The van der Waals surface area contributed by atoms with E-state index < -0.39 is 62.7 Å². The molecule has 0 radical (unpaired) electrons. The molecule has 2 unspecified atom stereocenters. The molecule has 0 rings (SSSR count). The van der Waals surface area contributed by atoms with E-state index in [9.17, 15) is 34.3 Å². The lowest BCUT2D eigenvalue weighted by molar-refractivity contribution is -0.151. The minimum atomic E-state index is -4.98. The van der Waals surface area contributed by atoms with Crippen molar-refractivity contribution in [3.63, 3.8) is 0 Å². The van der Waals surface area contributed by atoms with Crippen molar-refractivity contribution in [2.24, 2.45) is 5.73 Å². The number of carboxylic acid groups (broad SMARTS) is 1. The second kappa shape index (κ2) is 9.15. The standard InChI is InChI=1S/C10H18NO11P/c11-4(1-2-6(13)14)7(15)9(17)10(18)8(16)5(12)3-22-23(19,20)21/h4-5,7,9,12,15,17H,1-3,11H2,(H,13,14)(H2,19,20,21)/t4-,5+,7?,9?/m0/s1. The number of aliphatic hydroxyl groups excluding tert-OH is 3. The summed E-state index contributed by atoms with van der Waals surface area (Å²) in [4.78, 5) is 50.1. The summed E-state index contributed by atoms with van der Waals surface area (Å²) < 4.78 is 14.2. The summed E-state index contributed by atoms with van der Waals surface area (Å²) >= 11 is 0. The van der Waals surface area contributed by atoms with E-state index in [0.717, 1.165) is 0 Å². The number of hydrogen-bond donors (Lipinski definition) is 7. The second-order valence-corrected chi connectivity index (χ2v) is 5.80. The number of ketones is 2. The van der Waals surface area contributed by atoms with Crippen LogP contribution in [0.1, 0.15) is 12.8 Å². The fourth-order valence-corrected chi connectivity index (χ4v) is 1.74. The van der Waals surface area contributed by atoms with Crippen LogP contribution in [0.15, 0.2) is 0 Å². The van der Waals surface area contributed by atoms with Crippen molar-refractivity contribution in [1.29, 1.82) is 0 Å². The van der Waals surface area contributed by atoms with Crippen molar-refractivity contribution in [1.82, 2.24) is 0 Å². The van der Waals surface area contributed by atoms with Gasteiger partial charge in [0, 0.05) is 12.5 Å². The number of phosphoric acid groups is 1. The number of Topliss-reactive ketones (excluding diaryl/α,β-unsaturated/α-hetero) is 2. The highest BCUT2D eigenvalue weighted by atomic mass is 31.2. The van der Waals surface area contributed by atoms with E-state index in [4.69, 9.17) is 20.6 Å². The summed E-state index contributed by atoms with van der Waals surface area (Å²) in [5.74, 6) is -4.55. The third-order valence-electron chi connectivity index (χ3n) is 2.67. The molecule has 0 aromatic carbocycles. The zero-order valence-corrected chi connectivity index (χ0v) is 12.6. The van der Waals surface area contributed by atoms with Gasteiger partial charge in [-0.25, -0.2) is 4.57 Å². The molecule has 12 nitrogen and oxygen atoms in total. The summed E-state index contributed by atoms with van der Waals surface area (Å²) in [5.41, 5.74) is 5.37. The molecule has 0 aliphatic rings. The lowest BCUT2D eigenvalue weighted by atomic mass is 9.96. The van der Waals surface area contributed by atoms with Gasteiger partial charge in [0.05, 0.1) is 6.61 Å². The van der Waals surface area contributed by atoms with Gasteiger partial charge in [0.15, 0.2) is 0 Å². The van der Waals surface area contributed by atoms with Gasteiger partial charge in [0.2, 0.25) is 11.6 Å². The molecule has 23 heavy (non-hydrogen) atoms. The number of nitrogens with two attached hydrogens (primary N) is 1. The highest BCUT2D eigenvalue weighted by molar-refractivity contribution is 7.46. The van der Waals surface area contributed by atoms with E-state index in [0.29, 0.717) is 0 Å². The van der Waals surface area contributed by atoms with Gasteiger partial charge in [-0.2, -0.15) is 0 Å². The van der Waals surface area contributed by atoms with E-state index >= 15 is 0 Å². The third-order valence-corrected chi connectivity index (χ3v) is 3.15. The van der Waals surface area contributed by atoms with E-state index in [1.54, 1.807) is 0 Å². The van der Waals surface area contributed by atoms with Crippen molar-refractivity contribution >= 4 is 25.4 Å². The molecule has 0 amide bonds. The molecule has 0 aromatic rings. The van der Waals surface area contributed by atoms with Crippen LogP contribution in [-0.2, 0) is 23.5 Å². The molecule has 0 heterocycles. The lowest BCUT2D eigenvalue weighted by Gasteiger charge is -2.22. The molecular weight excluding hydrogens is 341 g/mol. The van der Waals surface area contributed by atoms with Gasteiger partial charge in [0.25, 0.3) is 0 Å². The molecule has 8 N–H and O–H groups in total. The number of carbonyl (C=O) groups is 3. The quantitative estimate of drug-likeness (QED) is 0.141. The molecule has 0 saturated carbocycles. The van der Waals surface area contributed by atoms with Crippen LogP contribution in [0.4, 0.5) is 0 Å². The number of phosphoric ester groups is 1. The number of hydrogen-bond acceptors (Lipinski definition) is 9. The van der Waals surface area contributed by atoms with Crippen molar-refractivity contribution in [2.75, 3.05) is 6.61 Å². The van der Waals surface area contributed by atoms with Gasteiger partial charge in [-0.1, -0.05) is 0 Å². The Hall–Kier alpha value is -1.24. The summed E-state index contributed by atoms with van der Waals surface area (Å²) in [6, 6.07) is -1.33. The predicted molar refractivity (Wildman–Crippen MR) is 70.9 cm³/mol. The smallest absolute Gasteiger partial charge is 0.469 e. The fraction of sp³-hybridized carbons (Fsp3) is 0.700. The summed E-state index contributed by atoms with van der Waals surface area (Å²) in [6.45, 7) is -1.21. The van der Waals surface area contributed by atoms with Gasteiger partial charge >= 0.3 is 13.8 Å². The van der Waals surface area contributed by atoms with E-state index in [1.165, 1.54) is 0 Å². The zero-order valence-electron chi connectivity index (χ0n) is 11.7. The highest BCUT2D eigenvalue weighted by Gasteiger charge is 2.36. The van der Waals surface area contributed by atoms with Gasteiger partial charge < -0.3 is 35.9 Å². The van der Waals surface area contributed by atoms with Gasteiger partial charge in [-0.15, -0.1) is 0 Å². The third kappa shape index (κ3) is 8.25. The largest absolute Gasteiger partial charge is 0.481 e. The molecule has 0 spiro atoms. The predicted octanol–water partition coefficient (Wildman–Crippen LogP) is -3.49. The molecule has 134 valence electrons. The Balaban J connectivity index is 4.64. The number of aliphatic carboxylic acids is 1. The maximum Gasteiger partial charge on any atom is 0.469 e. The highest BCUT2D eigenvalue weighted by Crippen LogP contribution is 2.35. The van der Waals surface area contributed by atoms with Gasteiger partial charge in [-0.3, -0.25) is 18.9 Å². The van der Waals surface area contributed by atoms with Crippen LogP contribution in [0.5, 0.6) is 0 Å². The van der Waals surface area contributed by atoms with Crippen LogP contribution in [0.25, 0.3) is 0 Å². The number of aliphatic hydroxyl groups is 3. The normalized spacial score (nSPS) is 17.1. The second-order valence-electron chi connectivity index (χ2n) is 4.56. The monoisotopic (exact) mass is 359 g/mol. The summed E-state index contributed by atoms with van der Waals surface area (Å²) in [7, 11) is -4.98. The summed E-state index contributed by atoms with van der Waals surface area (Å²) in [5, 5.41) is 36.8. The van der Waals surface area contributed by atoms with Crippen molar-refractivity contribution in [3.05, 3.63) is 0 Å². The molecule has 13 heteroatoms. The maximum atomic E-state index is 11.6. The Labute approximate surface area is 129 Å². The molecule has 0 aliphatic heterocycles. The maximum absolute atomic E-state index is 11.6. The number of rotatable bonds is 11. The Morgan fingerprint density at radius 1 is 1.09 bits per heavy atom. The van der Waals surface area contributed by atoms with Crippen LogP contribution in [0.3, 0.4) is 0 Å². The first kappa shape index (κ1) is 21.8. The molecule has 4 atom stereocenters. The molecule has 0 aliphatic carbocycles. The van der Waals surface area contributed by atoms with Crippen LogP contribution in [0, 0.1) is 0 Å². The van der Waals surface area contributed by atoms with Crippen LogP contribution >= 0.6 is 7.82 Å². The Bertz CT molecular complexity index is 489. The minimum Gasteiger partial charge on any atom is -0.481 e. The van der Waals surface area contributed by atoms with Crippen LogP contribution in [-0.4, -0.2) is 78.7 Å². The molecular formula is C10H18NO11P. The van der Waals surface area contributed by atoms with Gasteiger partial charge in [0.1, 0.15) is 18.3 Å². The first-order chi connectivity index (χ1) is 10.4. The van der Waals surface area contributed by atoms with Crippen molar-refractivity contribution in [2.45, 2.75) is 37.2 Å². The van der Waals surface area contributed by atoms with E-state index in [-0.39, 0.29) is 6.42 Å². The summed E-state index contributed by atoms with van der Waals surface area (Å²) in [6.07, 6.45) is -7.33. The lowest BCUT2D eigenvalue weighted by Crippen LogP contribution is -2.50. The Morgan fingerprint density at radius 2 is 1.61 bits per heavy atom. The van der Waals surface area contributed by atoms with Crippen LogP contribution in [0.2, 0.25) is 0 Å².